The Morgan fingerprint density at radius 2 is 2.00 bits per heavy atom. The molecule has 1 aromatic carbocycles. The SMILES string of the molecule is OC1(c2cc(F)cc(F)c2OCC2CC2)CC1. The summed E-state index contributed by atoms with van der Waals surface area (Å²) in [5.41, 5.74) is -0.822. The van der Waals surface area contributed by atoms with Crippen LogP contribution < -0.4 is 4.74 Å². The predicted octanol–water partition coefficient (Wildman–Crippen LogP) is 2.74. The molecule has 0 spiro atoms. The van der Waals surface area contributed by atoms with Crippen LogP contribution in [0.25, 0.3) is 0 Å². The first-order chi connectivity index (χ1) is 8.08. The Balaban J connectivity index is 1.92. The molecule has 4 heteroatoms. The minimum atomic E-state index is -1.08. The van der Waals surface area contributed by atoms with Gasteiger partial charge in [0.15, 0.2) is 11.6 Å². The largest absolute Gasteiger partial charge is 0.490 e. The molecule has 2 aliphatic rings. The molecule has 17 heavy (non-hydrogen) atoms. The highest BCUT2D eigenvalue weighted by molar-refractivity contribution is 5.42. The number of hydrogen-bond donors (Lipinski definition) is 1. The summed E-state index contributed by atoms with van der Waals surface area (Å²) in [6, 6.07) is 1.98. The summed E-state index contributed by atoms with van der Waals surface area (Å²) in [4.78, 5) is 0. The normalized spacial score (nSPS) is 21.4. The summed E-state index contributed by atoms with van der Waals surface area (Å²) in [5, 5.41) is 10.00. The van der Waals surface area contributed by atoms with Gasteiger partial charge in [0.2, 0.25) is 0 Å². The van der Waals surface area contributed by atoms with E-state index in [1.54, 1.807) is 0 Å². The van der Waals surface area contributed by atoms with E-state index in [9.17, 15) is 13.9 Å². The molecule has 0 aliphatic heterocycles. The van der Waals surface area contributed by atoms with E-state index >= 15 is 0 Å². The Bertz CT molecular complexity index is 451. The molecule has 1 N–H and O–H groups in total. The zero-order valence-electron chi connectivity index (χ0n) is 9.38. The lowest BCUT2D eigenvalue weighted by molar-refractivity contribution is 0.143. The standard InChI is InChI=1S/C13H14F2O2/c14-9-5-10(13(16)3-4-13)12(11(15)6-9)17-7-8-1-2-8/h5-6,8,16H,1-4,7H2. The van der Waals surface area contributed by atoms with E-state index in [1.165, 1.54) is 6.07 Å². The number of rotatable bonds is 4. The van der Waals surface area contributed by atoms with E-state index in [0.29, 0.717) is 25.4 Å². The number of hydrogen-bond acceptors (Lipinski definition) is 2. The molecule has 0 radical (unpaired) electrons. The quantitative estimate of drug-likeness (QED) is 0.876. The predicted molar refractivity (Wildman–Crippen MR) is 57.7 cm³/mol. The minimum absolute atomic E-state index is 0.0262. The zero-order valence-corrected chi connectivity index (χ0v) is 9.38. The summed E-state index contributed by atoms with van der Waals surface area (Å²) in [7, 11) is 0. The Labute approximate surface area is 98.2 Å². The summed E-state index contributed by atoms with van der Waals surface area (Å²) in [6.45, 7) is 0.450. The topological polar surface area (TPSA) is 29.5 Å². The van der Waals surface area contributed by atoms with Gasteiger partial charge in [-0.25, -0.2) is 8.78 Å². The lowest BCUT2D eigenvalue weighted by Gasteiger charge is -2.16. The highest BCUT2D eigenvalue weighted by Gasteiger charge is 2.45. The lowest BCUT2D eigenvalue weighted by Crippen LogP contribution is -2.11. The zero-order chi connectivity index (χ0) is 12.0. The second-order valence-electron chi connectivity index (χ2n) is 5.05. The van der Waals surface area contributed by atoms with Crippen molar-refractivity contribution in [1.82, 2.24) is 0 Å². The monoisotopic (exact) mass is 240 g/mol. The van der Waals surface area contributed by atoms with Crippen LogP contribution in [-0.4, -0.2) is 11.7 Å². The van der Waals surface area contributed by atoms with E-state index in [0.717, 1.165) is 18.9 Å². The van der Waals surface area contributed by atoms with Gasteiger partial charge in [-0.15, -0.1) is 0 Å². The van der Waals surface area contributed by atoms with Gasteiger partial charge in [-0.2, -0.15) is 0 Å². The molecular formula is C13H14F2O2. The molecule has 2 saturated carbocycles. The number of aliphatic hydroxyl groups is 1. The fourth-order valence-corrected chi connectivity index (χ4v) is 1.93. The molecule has 0 heterocycles. The fourth-order valence-electron chi connectivity index (χ4n) is 1.93. The van der Waals surface area contributed by atoms with Crippen LogP contribution in [-0.2, 0) is 5.60 Å². The van der Waals surface area contributed by atoms with E-state index in [2.05, 4.69) is 0 Å². The van der Waals surface area contributed by atoms with Gasteiger partial charge >= 0.3 is 0 Å². The summed E-state index contributed by atoms with van der Waals surface area (Å²) < 4.78 is 32.2. The molecule has 1 aromatic rings. The van der Waals surface area contributed by atoms with Crippen molar-refractivity contribution < 1.29 is 18.6 Å². The van der Waals surface area contributed by atoms with Gasteiger partial charge in [0, 0.05) is 11.6 Å². The molecular weight excluding hydrogens is 226 g/mol. The Morgan fingerprint density at radius 3 is 2.59 bits per heavy atom. The molecule has 0 bridgehead atoms. The Hall–Kier alpha value is -1.16. The van der Waals surface area contributed by atoms with Gasteiger partial charge in [-0.05, 0) is 37.7 Å². The molecule has 2 fully saturated rings. The van der Waals surface area contributed by atoms with Crippen LogP contribution in [0.2, 0.25) is 0 Å². The smallest absolute Gasteiger partial charge is 0.168 e. The van der Waals surface area contributed by atoms with Crippen molar-refractivity contribution in [2.45, 2.75) is 31.3 Å². The third-order valence-electron chi connectivity index (χ3n) is 3.39. The lowest BCUT2D eigenvalue weighted by atomic mass is 10.1. The van der Waals surface area contributed by atoms with Crippen molar-refractivity contribution in [2.75, 3.05) is 6.61 Å². The molecule has 0 unspecified atom stereocenters. The van der Waals surface area contributed by atoms with Gasteiger partial charge < -0.3 is 9.84 Å². The molecule has 0 atom stereocenters. The second kappa shape index (κ2) is 3.67. The maximum atomic E-state index is 13.7. The number of halogens is 2. The molecule has 0 aromatic heterocycles. The van der Waals surface area contributed by atoms with Crippen LogP contribution in [0.1, 0.15) is 31.2 Å². The Morgan fingerprint density at radius 1 is 1.29 bits per heavy atom. The van der Waals surface area contributed by atoms with Crippen LogP contribution in [0, 0.1) is 17.6 Å². The van der Waals surface area contributed by atoms with Gasteiger partial charge in [0.25, 0.3) is 0 Å². The highest BCUT2D eigenvalue weighted by Crippen LogP contribution is 2.49. The van der Waals surface area contributed by atoms with Crippen molar-refractivity contribution in [2.24, 2.45) is 5.92 Å². The van der Waals surface area contributed by atoms with Crippen LogP contribution in [0.4, 0.5) is 8.78 Å². The van der Waals surface area contributed by atoms with Crippen LogP contribution in [0.3, 0.4) is 0 Å². The minimum Gasteiger partial charge on any atom is -0.490 e. The van der Waals surface area contributed by atoms with Crippen LogP contribution in [0.15, 0.2) is 12.1 Å². The van der Waals surface area contributed by atoms with Gasteiger partial charge in [0.1, 0.15) is 5.82 Å². The van der Waals surface area contributed by atoms with Crippen molar-refractivity contribution >= 4 is 0 Å². The second-order valence-corrected chi connectivity index (χ2v) is 5.05. The summed E-state index contributed by atoms with van der Waals surface area (Å²) in [5.74, 6) is -0.878. The first kappa shape index (κ1) is 11.0. The molecule has 3 rings (SSSR count). The van der Waals surface area contributed by atoms with Crippen molar-refractivity contribution in [3.05, 3.63) is 29.3 Å². The van der Waals surface area contributed by atoms with Crippen molar-refractivity contribution in [3.63, 3.8) is 0 Å². The third-order valence-corrected chi connectivity index (χ3v) is 3.39. The van der Waals surface area contributed by atoms with Crippen LogP contribution >= 0.6 is 0 Å². The van der Waals surface area contributed by atoms with Gasteiger partial charge in [-0.1, -0.05) is 0 Å². The van der Waals surface area contributed by atoms with Crippen molar-refractivity contribution in [1.29, 1.82) is 0 Å². The molecule has 2 nitrogen and oxygen atoms in total. The third kappa shape index (κ3) is 2.14. The van der Waals surface area contributed by atoms with E-state index < -0.39 is 17.2 Å². The van der Waals surface area contributed by atoms with E-state index in [-0.39, 0.29) is 11.3 Å². The van der Waals surface area contributed by atoms with E-state index in [4.69, 9.17) is 4.74 Å². The maximum absolute atomic E-state index is 13.7. The van der Waals surface area contributed by atoms with Gasteiger partial charge in [0.05, 0.1) is 12.2 Å². The fraction of sp³-hybridized carbons (Fsp3) is 0.538. The average molecular weight is 240 g/mol. The molecule has 0 saturated heterocycles. The summed E-state index contributed by atoms with van der Waals surface area (Å²) >= 11 is 0. The van der Waals surface area contributed by atoms with Crippen molar-refractivity contribution in [3.8, 4) is 5.75 Å². The number of ether oxygens (including phenoxy) is 1. The van der Waals surface area contributed by atoms with E-state index in [1.807, 2.05) is 0 Å². The summed E-state index contributed by atoms with van der Waals surface area (Å²) in [6.07, 6.45) is 3.27. The maximum Gasteiger partial charge on any atom is 0.168 e. The van der Waals surface area contributed by atoms with Crippen LogP contribution in [0.5, 0.6) is 5.75 Å². The Kier molecular flexibility index (Phi) is 2.36. The molecule has 92 valence electrons. The first-order valence-corrected chi connectivity index (χ1v) is 5.93. The molecule has 0 amide bonds. The average Bonchev–Trinajstić information content (AvgIpc) is 3.13. The number of benzene rings is 1. The highest BCUT2D eigenvalue weighted by atomic mass is 19.1. The molecule has 2 aliphatic carbocycles. The van der Waals surface area contributed by atoms with Gasteiger partial charge in [-0.3, -0.25) is 0 Å². The first-order valence-electron chi connectivity index (χ1n) is 5.93.